The van der Waals surface area contributed by atoms with Gasteiger partial charge in [0.1, 0.15) is 18.1 Å². The van der Waals surface area contributed by atoms with Crippen LogP contribution in [0.5, 0.6) is 11.5 Å². The Kier molecular flexibility index (Phi) is 8.00. The highest BCUT2D eigenvalue weighted by atomic mass is 35.5. The highest BCUT2D eigenvalue weighted by Crippen LogP contribution is 2.27. The molecule has 0 bridgehead atoms. The highest BCUT2D eigenvalue weighted by molar-refractivity contribution is 6.42. The minimum absolute atomic E-state index is 0.0907. The van der Waals surface area contributed by atoms with Gasteiger partial charge in [0, 0.05) is 24.7 Å². The smallest absolute Gasteiger partial charge is 0.243 e. The number of hydrogen-bond acceptors (Lipinski definition) is 5. The third-order valence-corrected chi connectivity index (χ3v) is 6.25. The van der Waals surface area contributed by atoms with Crippen LogP contribution >= 0.6 is 23.2 Å². The number of carbonyl (C=O) groups excluding carboxylic acids is 2. The summed E-state index contributed by atoms with van der Waals surface area (Å²) in [4.78, 5) is 26.8. The Balaban J connectivity index is 1.29. The van der Waals surface area contributed by atoms with Gasteiger partial charge < -0.3 is 14.4 Å². The summed E-state index contributed by atoms with van der Waals surface area (Å²) in [6.45, 7) is 3.12. The molecule has 2 amide bonds. The first kappa shape index (κ1) is 24.7. The number of benzene rings is 3. The average Bonchev–Trinajstić information content (AvgIpc) is 3.26. The number of rotatable bonds is 9. The Morgan fingerprint density at radius 1 is 1.00 bits per heavy atom. The zero-order chi connectivity index (χ0) is 24.8. The van der Waals surface area contributed by atoms with Crippen molar-refractivity contribution in [1.29, 1.82) is 0 Å². The molecule has 0 unspecified atom stereocenters. The van der Waals surface area contributed by atoms with Crippen LogP contribution in [0.25, 0.3) is 0 Å². The van der Waals surface area contributed by atoms with Crippen molar-refractivity contribution >= 4 is 46.4 Å². The van der Waals surface area contributed by atoms with E-state index in [1.54, 1.807) is 29.2 Å². The number of nitrogens with zero attached hydrogens (tertiary/aromatic N) is 1. The predicted octanol–water partition coefficient (Wildman–Crippen LogP) is 5.47. The molecule has 35 heavy (non-hydrogen) atoms. The van der Waals surface area contributed by atoms with E-state index in [1.807, 2.05) is 49.4 Å². The summed E-state index contributed by atoms with van der Waals surface area (Å²) < 4.78 is 11.3. The first-order valence-corrected chi connectivity index (χ1v) is 11.9. The van der Waals surface area contributed by atoms with Gasteiger partial charge in [-0.25, -0.2) is 0 Å². The molecule has 1 aliphatic heterocycles. The molecule has 0 spiro atoms. The van der Waals surface area contributed by atoms with E-state index in [0.717, 1.165) is 17.0 Å². The monoisotopic (exact) mass is 513 g/mol. The summed E-state index contributed by atoms with van der Waals surface area (Å²) >= 11 is 12.0. The summed E-state index contributed by atoms with van der Waals surface area (Å²) in [5, 5.41) is 0.960. The van der Waals surface area contributed by atoms with Crippen molar-refractivity contribution in [2.75, 3.05) is 23.5 Å². The number of hydrogen-bond donors (Lipinski definition) is 2. The van der Waals surface area contributed by atoms with Crippen LogP contribution < -0.4 is 25.2 Å². The maximum absolute atomic E-state index is 12.7. The Labute approximate surface area is 213 Å². The topological polar surface area (TPSA) is 79.9 Å². The molecule has 7 nitrogen and oxygen atoms in total. The van der Waals surface area contributed by atoms with Crippen LogP contribution in [0.15, 0.2) is 66.7 Å². The van der Waals surface area contributed by atoms with Crippen LogP contribution in [0.2, 0.25) is 10.0 Å². The number of nitrogens with one attached hydrogen (secondary N) is 2. The third-order valence-electron chi connectivity index (χ3n) is 5.51. The molecule has 2 N–H and O–H groups in total. The van der Waals surface area contributed by atoms with Gasteiger partial charge in [-0.3, -0.25) is 20.4 Å². The van der Waals surface area contributed by atoms with Gasteiger partial charge in [0.25, 0.3) is 0 Å². The molecule has 0 aliphatic carbocycles. The van der Waals surface area contributed by atoms with E-state index in [-0.39, 0.29) is 18.2 Å². The molecule has 1 saturated heterocycles. The first-order chi connectivity index (χ1) is 16.9. The van der Waals surface area contributed by atoms with Crippen molar-refractivity contribution < 1.29 is 19.1 Å². The lowest BCUT2D eigenvalue weighted by molar-refractivity contribution is -0.125. The van der Waals surface area contributed by atoms with Gasteiger partial charge in [-0.2, -0.15) is 0 Å². The lowest BCUT2D eigenvalue weighted by Gasteiger charge is -2.17. The van der Waals surface area contributed by atoms with Crippen LogP contribution in [-0.4, -0.2) is 25.0 Å². The number of ether oxygens (including phenoxy) is 2. The summed E-state index contributed by atoms with van der Waals surface area (Å²) in [7, 11) is 0. The van der Waals surface area contributed by atoms with Crippen LogP contribution in [-0.2, 0) is 16.2 Å². The first-order valence-electron chi connectivity index (χ1n) is 11.2. The second kappa shape index (κ2) is 11.3. The molecule has 0 saturated carbocycles. The molecular formula is C26H25Cl2N3O4. The molecule has 1 heterocycles. The molecule has 3 aromatic carbocycles. The molecule has 0 radical (unpaired) electrons. The number of carbonyl (C=O) groups is 2. The summed E-state index contributed by atoms with van der Waals surface area (Å²) in [6.07, 6.45) is 0.146. The fraction of sp³-hybridized carbons (Fsp3) is 0.231. The number of hydrazine groups is 1. The van der Waals surface area contributed by atoms with Crippen LogP contribution in [0.3, 0.4) is 0 Å². The van der Waals surface area contributed by atoms with E-state index in [9.17, 15) is 9.59 Å². The standard InChI is InChI=1S/C26H25Cl2N3O4/c1-2-34-21-9-7-20(8-10-21)31-15-18(13-25(31)32)26(33)30-29-19-4-3-5-22(14-19)35-16-17-6-11-23(27)24(28)12-17/h3-12,14,18,29H,2,13,15-16H2,1H3,(H,30,33)/t18-/m0/s1. The normalized spacial score (nSPS) is 15.1. The molecule has 1 aliphatic rings. The molecule has 9 heteroatoms. The Hall–Kier alpha value is -3.42. The average molecular weight is 514 g/mol. The predicted molar refractivity (Wildman–Crippen MR) is 137 cm³/mol. The molecule has 1 fully saturated rings. The largest absolute Gasteiger partial charge is 0.494 e. The summed E-state index contributed by atoms with van der Waals surface area (Å²) in [6, 6.07) is 19.8. The number of amides is 2. The van der Waals surface area contributed by atoms with Gasteiger partial charge in [0.15, 0.2) is 0 Å². The van der Waals surface area contributed by atoms with Gasteiger partial charge >= 0.3 is 0 Å². The number of anilines is 2. The quantitative estimate of drug-likeness (QED) is 0.371. The third kappa shape index (κ3) is 6.38. The summed E-state index contributed by atoms with van der Waals surface area (Å²) in [5.74, 6) is 0.550. The Morgan fingerprint density at radius 2 is 1.80 bits per heavy atom. The van der Waals surface area contributed by atoms with Gasteiger partial charge in [-0.05, 0) is 61.0 Å². The minimum atomic E-state index is -0.462. The van der Waals surface area contributed by atoms with E-state index >= 15 is 0 Å². The van der Waals surface area contributed by atoms with Crippen molar-refractivity contribution in [2.24, 2.45) is 5.92 Å². The fourth-order valence-corrected chi connectivity index (χ4v) is 4.04. The summed E-state index contributed by atoms with van der Waals surface area (Å²) in [5.41, 5.74) is 7.88. The van der Waals surface area contributed by atoms with E-state index in [4.69, 9.17) is 32.7 Å². The van der Waals surface area contributed by atoms with Gasteiger partial charge in [0.2, 0.25) is 11.8 Å². The molecule has 1 atom stereocenters. The Morgan fingerprint density at radius 3 is 2.54 bits per heavy atom. The van der Waals surface area contributed by atoms with E-state index < -0.39 is 5.92 Å². The second-order valence-corrected chi connectivity index (χ2v) is 8.83. The van der Waals surface area contributed by atoms with Crippen molar-refractivity contribution in [1.82, 2.24) is 5.43 Å². The lowest BCUT2D eigenvalue weighted by atomic mass is 10.1. The SMILES string of the molecule is CCOc1ccc(N2C[C@@H](C(=O)NNc3cccc(OCc4ccc(Cl)c(Cl)c4)c3)CC2=O)cc1. The van der Waals surface area contributed by atoms with Crippen LogP contribution in [0, 0.1) is 5.92 Å². The molecule has 4 rings (SSSR count). The lowest BCUT2D eigenvalue weighted by Crippen LogP contribution is -2.36. The van der Waals surface area contributed by atoms with E-state index in [0.29, 0.717) is 41.2 Å². The van der Waals surface area contributed by atoms with Crippen molar-refractivity contribution in [2.45, 2.75) is 20.0 Å². The molecular weight excluding hydrogens is 489 g/mol. The van der Waals surface area contributed by atoms with Crippen molar-refractivity contribution in [3.63, 3.8) is 0 Å². The zero-order valence-electron chi connectivity index (χ0n) is 19.1. The van der Waals surface area contributed by atoms with Crippen LogP contribution in [0.4, 0.5) is 11.4 Å². The van der Waals surface area contributed by atoms with Gasteiger partial charge in [-0.1, -0.05) is 35.3 Å². The highest BCUT2D eigenvalue weighted by Gasteiger charge is 2.35. The molecule has 3 aromatic rings. The Bertz CT molecular complexity index is 1200. The van der Waals surface area contributed by atoms with Crippen LogP contribution in [0.1, 0.15) is 18.9 Å². The van der Waals surface area contributed by atoms with Gasteiger partial charge in [0.05, 0.1) is 28.3 Å². The molecule has 0 aromatic heterocycles. The zero-order valence-corrected chi connectivity index (χ0v) is 20.6. The maximum atomic E-state index is 12.7. The van der Waals surface area contributed by atoms with E-state index in [1.165, 1.54) is 0 Å². The van der Waals surface area contributed by atoms with Crippen molar-refractivity contribution in [3.8, 4) is 11.5 Å². The van der Waals surface area contributed by atoms with Gasteiger partial charge in [-0.15, -0.1) is 0 Å². The maximum Gasteiger partial charge on any atom is 0.243 e. The van der Waals surface area contributed by atoms with Crippen molar-refractivity contribution in [3.05, 3.63) is 82.3 Å². The second-order valence-electron chi connectivity index (χ2n) is 8.01. The number of halogens is 2. The minimum Gasteiger partial charge on any atom is -0.494 e. The molecule has 182 valence electrons. The fourth-order valence-electron chi connectivity index (χ4n) is 3.72. The van der Waals surface area contributed by atoms with E-state index in [2.05, 4.69) is 10.9 Å².